The molecule has 0 amide bonds. The smallest absolute Gasteiger partial charge is 0.253 e. The van der Waals surface area contributed by atoms with E-state index in [1.165, 1.54) is 0 Å². The first-order chi connectivity index (χ1) is 6.79. The largest absolute Gasteiger partial charge is 0.333 e. The highest BCUT2D eigenvalue weighted by Gasteiger charge is 2.14. The maximum absolute atomic E-state index is 12.9. The van der Waals surface area contributed by atoms with Crippen LogP contribution in [0.2, 0.25) is 0 Å². The van der Waals surface area contributed by atoms with Crippen molar-refractivity contribution in [2.75, 3.05) is 0 Å². The molecule has 0 radical (unpaired) electrons. The molecule has 0 aliphatic rings. The fourth-order valence-corrected chi connectivity index (χ4v) is 1.13. The van der Waals surface area contributed by atoms with Crippen LogP contribution in [0.4, 0.5) is 13.2 Å². The lowest BCUT2D eigenvalue weighted by Crippen LogP contribution is -2.16. The van der Waals surface area contributed by atoms with E-state index in [1.54, 1.807) is 0 Å². The van der Waals surface area contributed by atoms with Gasteiger partial charge in [0.2, 0.25) is 0 Å². The molecule has 84 valence electrons. The van der Waals surface area contributed by atoms with Crippen LogP contribution in [-0.4, -0.2) is 8.42 Å². The summed E-state index contributed by atoms with van der Waals surface area (Å²) in [7, 11) is -4.29. The van der Waals surface area contributed by atoms with Gasteiger partial charge in [-0.05, 0) is 0 Å². The fourth-order valence-electron chi connectivity index (χ4n) is 0.851. The Labute approximate surface area is 83.7 Å². The van der Waals surface area contributed by atoms with Crippen LogP contribution in [0.3, 0.4) is 0 Å². The van der Waals surface area contributed by atoms with Crippen LogP contribution < -0.4 is 5.14 Å². The number of benzene rings is 1. The van der Waals surface area contributed by atoms with Crippen molar-refractivity contribution in [2.24, 2.45) is 5.14 Å². The molecule has 0 bridgehead atoms. The van der Waals surface area contributed by atoms with Crippen LogP contribution in [0, 0.1) is 17.5 Å². The summed E-state index contributed by atoms with van der Waals surface area (Å²) >= 11 is 0. The molecule has 0 atom stereocenters. The number of nitrogens with two attached hydrogens (primary N) is 1. The Bertz CT molecular complexity index is 451. The van der Waals surface area contributed by atoms with E-state index in [1.807, 2.05) is 0 Å². The van der Waals surface area contributed by atoms with Crippen molar-refractivity contribution in [3.63, 3.8) is 0 Å². The molecule has 0 saturated heterocycles. The Morgan fingerprint density at radius 2 is 1.67 bits per heavy atom. The lowest BCUT2D eigenvalue weighted by molar-refractivity contribution is 0.295. The minimum Gasteiger partial charge on any atom is -0.253 e. The molecule has 0 saturated carbocycles. The van der Waals surface area contributed by atoms with Gasteiger partial charge in [0.25, 0.3) is 0 Å². The van der Waals surface area contributed by atoms with Gasteiger partial charge in [-0.25, -0.2) is 18.3 Å². The zero-order valence-corrected chi connectivity index (χ0v) is 8.02. The van der Waals surface area contributed by atoms with Crippen LogP contribution in [0.5, 0.6) is 0 Å². The predicted octanol–water partition coefficient (Wildman–Crippen LogP) is 0.824. The maximum atomic E-state index is 12.9. The monoisotopic (exact) mass is 241 g/mol. The molecule has 4 nitrogen and oxygen atoms in total. The molecular formula is C7H6F3NO3S. The van der Waals surface area contributed by atoms with Gasteiger partial charge in [-0.1, -0.05) is 0 Å². The molecule has 0 spiro atoms. The molecule has 1 aromatic carbocycles. The minimum atomic E-state index is -4.29. The standard InChI is InChI=1S/C7H6F3NO3S/c8-4-1-6(9)5(7(10)2-4)3-14-15(11,12)13/h1-2H,3H2,(H2,11,12,13). The Morgan fingerprint density at radius 1 is 1.20 bits per heavy atom. The van der Waals surface area contributed by atoms with E-state index in [4.69, 9.17) is 0 Å². The second-order valence-electron chi connectivity index (χ2n) is 2.60. The van der Waals surface area contributed by atoms with Crippen LogP contribution in [-0.2, 0) is 21.1 Å². The second-order valence-corrected chi connectivity index (χ2v) is 3.82. The molecule has 8 heteroatoms. The van der Waals surface area contributed by atoms with Crippen molar-refractivity contribution >= 4 is 10.3 Å². The predicted molar refractivity (Wildman–Crippen MR) is 44.2 cm³/mol. The SMILES string of the molecule is NS(=O)(=O)OCc1c(F)cc(F)cc1F. The highest BCUT2D eigenvalue weighted by molar-refractivity contribution is 7.84. The average Bonchev–Trinajstić information content (AvgIpc) is 1.99. The van der Waals surface area contributed by atoms with Crippen LogP contribution >= 0.6 is 0 Å². The summed E-state index contributed by atoms with van der Waals surface area (Å²) in [5.41, 5.74) is -0.703. The molecule has 0 unspecified atom stereocenters. The molecule has 1 aromatic rings. The summed E-state index contributed by atoms with van der Waals surface area (Å²) in [4.78, 5) is 0. The van der Waals surface area contributed by atoms with Crippen molar-refractivity contribution in [3.8, 4) is 0 Å². The van der Waals surface area contributed by atoms with Gasteiger partial charge in [0, 0.05) is 12.1 Å². The Balaban J connectivity index is 2.96. The van der Waals surface area contributed by atoms with Crippen molar-refractivity contribution in [1.82, 2.24) is 0 Å². The molecule has 0 aromatic heterocycles. The van der Waals surface area contributed by atoms with E-state index in [-0.39, 0.29) is 0 Å². The topological polar surface area (TPSA) is 69.4 Å². The molecule has 0 fully saturated rings. The van der Waals surface area contributed by atoms with Gasteiger partial charge in [0.1, 0.15) is 17.5 Å². The van der Waals surface area contributed by atoms with E-state index in [0.29, 0.717) is 12.1 Å². The quantitative estimate of drug-likeness (QED) is 0.851. The fraction of sp³-hybridized carbons (Fsp3) is 0.143. The Hall–Kier alpha value is -1.12. The van der Waals surface area contributed by atoms with E-state index < -0.39 is 39.9 Å². The third-order valence-corrected chi connectivity index (χ3v) is 1.92. The minimum absolute atomic E-state index is 0.408. The van der Waals surface area contributed by atoms with Crippen LogP contribution in [0.15, 0.2) is 12.1 Å². The van der Waals surface area contributed by atoms with Gasteiger partial charge in [-0.15, -0.1) is 0 Å². The average molecular weight is 241 g/mol. The van der Waals surface area contributed by atoms with Crippen molar-refractivity contribution < 1.29 is 25.8 Å². The zero-order valence-electron chi connectivity index (χ0n) is 7.21. The summed E-state index contributed by atoms with van der Waals surface area (Å²) in [6.07, 6.45) is 0. The molecule has 0 aliphatic heterocycles. The highest BCUT2D eigenvalue weighted by atomic mass is 32.2. The van der Waals surface area contributed by atoms with E-state index in [0.717, 1.165) is 0 Å². The lowest BCUT2D eigenvalue weighted by Gasteiger charge is -2.04. The van der Waals surface area contributed by atoms with Gasteiger partial charge < -0.3 is 0 Å². The molecule has 15 heavy (non-hydrogen) atoms. The Kier molecular flexibility index (Phi) is 3.32. The molecule has 1 rings (SSSR count). The van der Waals surface area contributed by atoms with Crippen LogP contribution in [0.1, 0.15) is 5.56 Å². The third-order valence-electron chi connectivity index (χ3n) is 1.47. The number of hydrogen-bond acceptors (Lipinski definition) is 3. The van der Waals surface area contributed by atoms with E-state index in [9.17, 15) is 21.6 Å². The molecule has 2 N–H and O–H groups in total. The van der Waals surface area contributed by atoms with E-state index >= 15 is 0 Å². The van der Waals surface area contributed by atoms with Gasteiger partial charge in [0.15, 0.2) is 0 Å². The summed E-state index contributed by atoms with van der Waals surface area (Å²) in [6.45, 7) is -0.920. The lowest BCUT2D eigenvalue weighted by atomic mass is 10.2. The first kappa shape index (κ1) is 12.0. The van der Waals surface area contributed by atoms with Gasteiger partial charge in [-0.3, -0.25) is 4.18 Å². The van der Waals surface area contributed by atoms with Gasteiger partial charge in [-0.2, -0.15) is 8.42 Å². The maximum Gasteiger partial charge on any atom is 0.333 e. The number of hydrogen-bond donors (Lipinski definition) is 1. The number of halogens is 3. The first-order valence-electron chi connectivity index (χ1n) is 3.60. The van der Waals surface area contributed by atoms with Crippen molar-refractivity contribution in [3.05, 3.63) is 35.1 Å². The summed E-state index contributed by atoms with van der Waals surface area (Å²) in [6, 6.07) is 0.815. The highest BCUT2D eigenvalue weighted by Crippen LogP contribution is 2.15. The van der Waals surface area contributed by atoms with Crippen molar-refractivity contribution in [1.29, 1.82) is 0 Å². The summed E-state index contributed by atoms with van der Waals surface area (Å²) in [5, 5.41) is 4.44. The summed E-state index contributed by atoms with van der Waals surface area (Å²) in [5.74, 6) is -3.59. The second kappa shape index (κ2) is 4.17. The van der Waals surface area contributed by atoms with Crippen molar-refractivity contribution in [2.45, 2.75) is 6.61 Å². The molecular weight excluding hydrogens is 235 g/mol. The molecule has 0 aliphatic carbocycles. The Morgan fingerprint density at radius 3 is 2.07 bits per heavy atom. The first-order valence-corrected chi connectivity index (χ1v) is 5.07. The van der Waals surface area contributed by atoms with Gasteiger partial charge >= 0.3 is 10.3 Å². The third kappa shape index (κ3) is 3.50. The number of rotatable bonds is 3. The van der Waals surface area contributed by atoms with Crippen LogP contribution in [0.25, 0.3) is 0 Å². The zero-order chi connectivity index (χ0) is 11.6. The van der Waals surface area contributed by atoms with E-state index in [2.05, 4.69) is 9.32 Å². The van der Waals surface area contributed by atoms with Gasteiger partial charge in [0.05, 0.1) is 12.2 Å². The molecule has 0 heterocycles. The summed E-state index contributed by atoms with van der Waals surface area (Å²) < 4.78 is 62.8. The normalized spacial score (nSPS) is 11.7.